The fraction of sp³-hybridized carbons (Fsp3) is 0.625. The standard InChI is InChI=1S/C16H26N2O2.ClH/c1-16(2,12-19)15(18-10-8-17-9-11-18)13-4-6-14(20-3)7-5-13;/h4-7,15,17,19H,8-12H2,1-3H3;1H/t15-;/m0./s1. The van der Waals surface area contributed by atoms with Gasteiger partial charge in [-0.1, -0.05) is 26.0 Å². The van der Waals surface area contributed by atoms with Gasteiger partial charge in [0.15, 0.2) is 0 Å². The molecule has 1 saturated heterocycles. The van der Waals surface area contributed by atoms with E-state index in [1.807, 2.05) is 12.1 Å². The van der Waals surface area contributed by atoms with E-state index >= 15 is 0 Å². The second-order valence-electron chi connectivity index (χ2n) is 6.11. The van der Waals surface area contributed by atoms with Gasteiger partial charge < -0.3 is 15.2 Å². The fourth-order valence-corrected chi connectivity index (χ4v) is 2.97. The molecule has 1 aliphatic rings. The van der Waals surface area contributed by atoms with E-state index in [1.165, 1.54) is 5.56 Å². The Morgan fingerprint density at radius 2 is 1.81 bits per heavy atom. The van der Waals surface area contributed by atoms with Crippen molar-refractivity contribution in [1.82, 2.24) is 10.2 Å². The number of hydrogen-bond donors (Lipinski definition) is 2. The van der Waals surface area contributed by atoms with Gasteiger partial charge in [0.05, 0.1) is 7.11 Å². The number of halogens is 1. The first kappa shape index (κ1) is 18.2. The van der Waals surface area contributed by atoms with Crippen LogP contribution in [0.2, 0.25) is 0 Å². The Morgan fingerprint density at radius 3 is 2.29 bits per heavy atom. The number of rotatable bonds is 5. The molecule has 0 unspecified atom stereocenters. The van der Waals surface area contributed by atoms with E-state index in [0.29, 0.717) is 0 Å². The third kappa shape index (κ3) is 4.33. The van der Waals surface area contributed by atoms with Gasteiger partial charge in [-0.2, -0.15) is 0 Å². The van der Waals surface area contributed by atoms with Crippen molar-refractivity contribution in [3.63, 3.8) is 0 Å². The molecule has 0 saturated carbocycles. The smallest absolute Gasteiger partial charge is 0.118 e. The lowest BCUT2D eigenvalue weighted by atomic mass is 9.79. The Hall–Kier alpha value is -0.810. The van der Waals surface area contributed by atoms with Gasteiger partial charge in [0.2, 0.25) is 0 Å². The van der Waals surface area contributed by atoms with E-state index in [2.05, 4.69) is 36.2 Å². The maximum absolute atomic E-state index is 9.79. The second-order valence-corrected chi connectivity index (χ2v) is 6.11. The quantitative estimate of drug-likeness (QED) is 0.873. The Balaban J connectivity index is 0.00000220. The molecule has 1 aliphatic heterocycles. The maximum Gasteiger partial charge on any atom is 0.118 e. The van der Waals surface area contributed by atoms with Gasteiger partial charge >= 0.3 is 0 Å². The summed E-state index contributed by atoms with van der Waals surface area (Å²) < 4.78 is 5.23. The van der Waals surface area contributed by atoms with Crippen molar-refractivity contribution >= 4 is 12.4 Å². The Morgan fingerprint density at radius 1 is 1.24 bits per heavy atom. The van der Waals surface area contributed by atoms with Crippen molar-refractivity contribution in [3.8, 4) is 5.75 Å². The molecular formula is C16H27ClN2O2. The average molecular weight is 315 g/mol. The van der Waals surface area contributed by atoms with Gasteiger partial charge in [-0.15, -0.1) is 12.4 Å². The van der Waals surface area contributed by atoms with Crippen LogP contribution in [0.5, 0.6) is 5.75 Å². The molecule has 0 bridgehead atoms. The molecular weight excluding hydrogens is 288 g/mol. The van der Waals surface area contributed by atoms with Crippen LogP contribution in [0.25, 0.3) is 0 Å². The topological polar surface area (TPSA) is 44.7 Å². The molecule has 4 nitrogen and oxygen atoms in total. The van der Waals surface area contributed by atoms with Gasteiger partial charge in [0.1, 0.15) is 5.75 Å². The molecule has 21 heavy (non-hydrogen) atoms. The predicted octanol–water partition coefficient (Wildman–Crippen LogP) is 2.08. The predicted molar refractivity (Wildman–Crippen MR) is 88.3 cm³/mol. The highest BCUT2D eigenvalue weighted by molar-refractivity contribution is 5.85. The zero-order valence-electron chi connectivity index (χ0n) is 13.1. The van der Waals surface area contributed by atoms with Crippen LogP contribution in [0.4, 0.5) is 0 Å². The van der Waals surface area contributed by atoms with Gasteiger partial charge in [0.25, 0.3) is 0 Å². The number of nitrogens with one attached hydrogen (secondary N) is 1. The van der Waals surface area contributed by atoms with Crippen LogP contribution < -0.4 is 10.1 Å². The number of hydrogen-bond acceptors (Lipinski definition) is 4. The SMILES string of the molecule is COc1ccc([C@H](N2CCNCC2)C(C)(C)CO)cc1.Cl. The molecule has 0 radical (unpaired) electrons. The first-order valence-corrected chi connectivity index (χ1v) is 7.28. The van der Waals surface area contributed by atoms with Crippen molar-refractivity contribution < 1.29 is 9.84 Å². The van der Waals surface area contributed by atoms with Crippen LogP contribution in [0.3, 0.4) is 0 Å². The summed E-state index contributed by atoms with van der Waals surface area (Å²) in [5.41, 5.74) is 1.07. The summed E-state index contributed by atoms with van der Waals surface area (Å²) in [5, 5.41) is 13.2. The number of aliphatic hydroxyl groups excluding tert-OH is 1. The van der Waals surface area contributed by atoms with Crippen molar-refractivity contribution in [2.75, 3.05) is 39.9 Å². The summed E-state index contributed by atoms with van der Waals surface area (Å²) in [6, 6.07) is 8.45. The number of ether oxygens (including phenoxy) is 1. The van der Waals surface area contributed by atoms with Crippen molar-refractivity contribution in [3.05, 3.63) is 29.8 Å². The molecule has 0 aromatic heterocycles. The largest absolute Gasteiger partial charge is 0.497 e. The summed E-state index contributed by atoms with van der Waals surface area (Å²) in [5.74, 6) is 0.870. The minimum absolute atomic E-state index is 0. The lowest BCUT2D eigenvalue weighted by Gasteiger charge is -2.43. The highest BCUT2D eigenvalue weighted by Gasteiger charge is 2.35. The van der Waals surface area contributed by atoms with Gasteiger partial charge in [-0.25, -0.2) is 0 Å². The molecule has 0 amide bonds. The number of benzene rings is 1. The van der Waals surface area contributed by atoms with Gasteiger partial charge in [-0.3, -0.25) is 4.90 Å². The molecule has 1 heterocycles. The summed E-state index contributed by atoms with van der Waals surface area (Å²) in [4.78, 5) is 2.47. The van der Waals surface area contributed by atoms with E-state index in [1.54, 1.807) is 7.11 Å². The molecule has 1 aromatic rings. The Kier molecular flexibility index (Phi) is 6.94. The summed E-state index contributed by atoms with van der Waals surface area (Å²) >= 11 is 0. The normalized spacial score (nSPS) is 17.9. The van der Waals surface area contributed by atoms with E-state index in [0.717, 1.165) is 31.9 Å². The zero-order chi connectivity index (χ0) is 14.6. The van der Waals surface area contributed by atoms with Crippen molar-refractivity contribution in [2.24, 2.45) is 5.41 Å². The third-order valence-corrected chi connectivity index (χ3v) is 4.10. The molecule has 120 valence electrons. The fourth-order valence-electron chi connectivity index (χ4n) is 2.97. The molecule has 0 spiro atoms. The van der Waals surface area contributed by atoms with Crippen LogP contribution in [0.15, 0.2) is 24.3 Å². The second kappa shape index (κ2) is 7.99. The van der Waals surface area contributed by atoms with Crippen molar-refractivity contribution in [1.29, 1.82) is 0 Å². The Bertz CT molecular complexity index is 417. The lowest BCUT2D eigenvalue weighted by Crippen LogP contribution is -2.49. The van der Waals surface area contributed by atoms with Gasteiger partial charge in [0, 0.05) is 44.2 Å². The lowest BCUT2D eigenvalue weighted by molar-refractivity contribution is 0.0305. The third-order valence-electron chi connectivity index (χ3n) is 4.10. The summed E-state index contributed by atoms with van der Waals surface area (Å²) in [6.45, 7) is 8.48. The number of nitrogens with zero attached hydrogens (tertiary/aromatic N) is 1. The first-order valence-electron chi connectivity index (χ1n) is 7.28. The number of aliphatic hydroxyl groups is 1. The number of piperazine rings is 1. The molecule has 2 rings (SSSR count). The highest BCUT2D eigenvalue weighted by atomic mass is 35.5. The minimum atomic E-state index is -0.175. The molecule has 1 aromatic carbocycles. The zero-order valence-corrected chi connectivity index (χ0v) is 13.9. The van der Waals surface area contributed by atoms with E-state index < -0.39 is 0 Å². The first-order chi connectivity index (χ1) is 9.58. The van der Waals surface area contributed by atoms with Crippen LogP contribution in [0, 0.1) is 5.41 Å². The Labute approximate surface area is 133 Å². The van der Waals surface area contributed by atoms with Crippen LogP contribution in [-0.4, -0.2) is 49.9 Å². The molecule has 5 heteroatoms. The molecule has 0 aliphatic carbocycles. The van der Waals surface area contributed by atoms with Gasteiger partial charge in [-0.05, 0) is 17.7 Å². The maximum atomic E-state index is 9.79. The summed E-state index contributed by atoms with van der Waals surface area (Å²) in [7, 11) is 1.68. The average Bonchev–Trinajstić information content (AvgIpc) is 2.49. The number of methoxy groups -OCH3 is 1. The van der Waals surface area contributed by atoms with Crippen LogP contribution in [0.1, 0.15) is 25.5 Å². The highest BCUT2D eigenvalue weighted by Crippen LogP contribution is 2.38. The molecule has 2 N–H and O–H groups in total. The monoisotopic (exact) mass is 314 g/mol. The van der Waals surface area contributed by atoms with E-state index in [9.17, 15) is 5.11 Å². The minimum Gasteiger partial charge on any atom is -0.497 e. The molecule has 1 atom stereocenters. The summed E-state index contributed by atoms with van der Waals surface area (Å²) in [6.07, 6.45) is 0. The van der Waals surface area contributed by atoms with Crippen LogP contribution >= 0.6 is 12.4 Å². The van der Waals surface area contributed by atoms with E-state index in [4.69, 9.17) is 4.74 Å². The van der Waals surface area contributed by atoms with E-state index in [-0.39, 0.29) is 30.5 Å². The van der Waals surface area contributed by atoms with Crippen molar-refractivity contribution in [2.45, 2.75) is 19.9 Å². The molecule has 1 fully saturated rings. The van der Waals surface area contributed by atoms with Crippen LogP contribution in [-0.2, 0) is 0 Å².